The van der Waals surface area contributed by atoms with E-state index in [9.17, 15) is 9.59 Å². The molecule has 0 aliphatic heterocycles. The third kappa shape index (κ3) is 4.76. The quantitative estimate of drug-likeness (QED) is 0.762. The van der Waals surface area contributed by atoms with Gasteiger partial charge in [-0.2, -0.15) is 0 Å². The van der Waals surface area contributed by atoms with Gasteiger partial charge >= 0.3 is 5.97 Å². The Balaban J connectivity index is 1.91. The summed E-state index contributed by atoms with van der Waals surface area (Å²) in [5.74, 6) is 0.0448. The van der Waals surface area contributed by atoms with E-state index in [1.807, 2.05) is 6.92 Å². The van der Waals surface area contributed by atoms with Gasteiger partial charge in [0.05, 0.1) is 13.7 Å². The Hall–Kier alpha value is -2.96. The number of furan rings is 1. The molecule has 0 spiro atoms. The Morgan fingerprint density at radius 1 is 1.24 bits per heavy atom. The number of hydrogen-bond donors (Lipinski definition) is 2. The Morgan fingerprint density at radius 3 is 2.40 bits per heavy atom. The fraction of sp³-hybridized carbons (Fsp3) is 0.333. The van der Waals surface area contributed by atoms with Crippen molar-refractivity contribution in [3.63, 3.8) is 0 Å². The molecule has 0 aliphatic rings. The van der Waals surface area contributed by atoms with Gasteiger partial charge in [0.25, 0.3) is 5.91 Å². The van der Waals surface area contributed by atoms with Crippen LogP contribution in [0.15, 0.2) is 34.7 Å². The van der Waals surface area contributed by atoms with Gasteiger partial charge < -0.3 is 24.3 Å². The number of ether oxygens (including phenoxy) is 2. The van der Waals surface area contributed by atoms with E-state index in [2.05, 4.69) is 5.32 Å². The lowest BCUT2D eigenvalue weighted by atomic mass is 10.2. The van der Waals surface area contributed by atoms with Crippen LogP contribution in [-0.2, 0) is 6.42 Å². The van der Waals surface area contributed by atoms with Gasteiger partial charge in [0.2, 0.25) is 0 Å². The van der Waals surface area contributed by atoms with Gasteiger partial charge in [0.15, 0.2) is 5.76 Å². The largest absolute Gasteiger partial charge is 0.497 e. The van der Waals surface area contributed by atoms with Crippen molar-refractivity contribution in [3.05, 3.63) is 47.4 Å². The van der Waals surface area contributed by atoms with Gasteiger partial charge in [-0.05, 0) is 31.2 Å². The molecule has 0 saturated heterocycles. The molecule has 0 saturated carbocycles. The van der Waals surface area contributed by atoms with E-state index >= 15 is 0 Å². The van der Waals surface area contributed by atoms with E-state index in [1.54, 1.807) is 38.3 Å². The molecule has 1 unspecified atom stereocenters. The smallest absolute Gasteiger partial charge is 0.339 e. The highest BCUT2D eigenvalue weighted by Crippen LogP contribution is 2.18. The Labute approximate surface area is 145 Å². The van der Waals surface area contributed by atoms with Crippen molar-refractivity contribution in [2.24, 2.45) is 0 Å². The van der Waals surface area contributed by atoms with Crippen molar-refractivity contribution >= 4 is 11.9 Å². The average molecular weight is 347 g/mol. The van der Waals surface area contributed by atoms with E-state index in [4.69, 9.17) is 19.0 Å². The fourth-order valence-corrected chi connectivity index (χ4v) is 2.24. The molecule has 134 valence electrons. The standard InChI is InChI=1S/C18H21NO6/c1-4-15-14(18(21)22)9-16(25-15)17(20)19-10-11(2)24-13-7-5-12(23-3)6-8-13/h5-9,11H,4,10H2,1-3H3,(H,19,20)(H,21,22). The topological polar surface area (TPSA) is 98.0 Å². The molecule has 25 heavy (non-hydrogen) atoms. The van der Waals surface area contributed by atoms with Crippen LogP contribution in [0.4, 0.5) is 0 Å². The molecule has 7 heteroatoms. The summed E-state index contributed by atoms with van der Waals surface area (Å²) in [4.78, 5) is 23.2. The number of hydrogen-bond acceptors (Lipinski definition) is 5. The molecule has 1 atom stereocenters. The van der Waals surface area contributed by atoms with Crippen LogP contribution < -0.4 is 14.8 Å². The van der Waals surface area contributed by atoms with Crippen LogP contribution in [0.1, 0.15) is 40.5 Å². The molecule has 1 amide bonds. The van der Waals surface area contributed by atoms with Crippen LogP contribution in [0.25, 0.3) is 0 Å². The van der Waals surface area contributed by atoms with Gasteiger partial charge in [-0.25, -0.2) is 4.79 Å². The lowest BCUT2D eigenvalue weighted by Crippen LogP contribution is -2.33. The van der Waals surface area contributed by atoms with E-state index in [0.29, 0.717) is 12.2 Å². The predicted molar refractivity (Wildman–Crippen MR) is 90.5 cm³/mol. The summed E-state index contributed by atoms with van der Waals surface area (Å²) in [7, 11) is 1.59. The summed E-state index contributed by atoms with van der Waals surface area (Å²) < 4.78 is 16.1. The maximum absolute atomic E-state index is 12.1. The lowest BCUT2D eigenvalue weighted by Gasteiger charge is -2.15. The molecule has 1 aromatic heterocycles. The minimum atomic E-state index is -1.11. The van der Waals surface area contributed by atoms with E-state index in [0.717, 1.165) is 5.75 Å². The third-order valence-corrected chi connectivity index (χ3v) is 3.53. The SMILES string of the molecule is CCc1oc(C(=O)NCC(C)Oc2ccc(OC)cc2)cc1C(=O)O. The summed E-state index contributed by atoms with van der Waals surface area (Å²) in [6, 6.07) is 8.35. The molecular formula is C18H21NO6. The van der Waals surface area contributed by atoms with E-state index in [-0.39, 0.29) is 29.7 Å². The highest BCUT2D eigenvalue weighted by Gasteiger charge is 2.20. The van der Waals surface area contributed by atoms with Gasteiger partial charge in [-0.1, -0.05) is 6.92 Å². The molecule has 0 aliphatic carbocycles. The van der Waals surface area contributed by atoms with Crippen molar-refractivity contribution in [1.82, 2.24) is 5.32 Å². The van der Waals surface area contributed by atoms with Crippen LogP contribution in [0, 0.1) is 0 Å². The summed E-state index contributed by atoms with van der Waals surface area (Å²) in [5.41, 5.74) is 0.00943. The maximum Gasteiger partial charge on any atom is 0.339 e. The maximum atomic E-state index is 12.1. The minimum Gasteiger partial charge on any atom is -0.497 e. The van der Waals surface area contributed by atoms with Gasteiger partial charge in [0.1, 0.15) is 28.9 Å². The highest BCUT2D eigenvalue weighted by atomic mass is 16.5. The Morgan fingerprint density at radius 2 is 1.88 bits per heavy atom. The second-order valence-electron chi connectivity index (χ2n) is 5.42. The molecule has 2 rings (SSSR count). The van der Waals surface area contributed by atoms with Crippen LogP contribution in [-0.4, -0.2) is 36.7 Å². The summed E-state index contributed by atoms with van der Waals surface area (Å²) >= 11 is 0. The molecule has 7 nitrogen and oxygen atoms in total. The van der Waals surface area contributed by atoms with Crippen molar-refractivity contribution in [1.29, 1.82) is 0 Å². The fourth-order valence-electron chi connectivity index (χ4n) is 2.24. The van der Waals surface area contributed by atoms with E-state index < -0.39 is 11.9 Å². The summed E-state index contributed by atoms with van der Waals surface area (Å²) in [6.45, 7) is 3.82. The molecule has 2 aromatic rings. The van der Waals surface area contributed by atoms with Gasteiger partial charge in [-0.3, -0.25) is 4.79 Å². The number of benzene rings is 1. The van der Waals surface area contributed by atoms with Crippen molar-refractivity contribution in [2.75, 3.05) is 13.7 Å². The molecule has 0 fully saturated rings. The highest BCUT2D eigenvalue weighted by molar-refractivity contribution is 5.96. The Kier molecular flexibility index (Phi) is 6.05. The predicted octanol–water partition coefficient (Wildman–Crippen LogP) is 2.75. The first-order valence-electron chi connectivity index (χ1n) is 7.89. The zero-order valence-corrected chi connectivity index (χ0v) is 14.4. The molecule has 0 bridgehead atoms. The first-order valence-corrected chi connectivity index (χ1v) is 7.89. The number of carbonyl (C=O) groups is 2. The monoisotopic (exact) mass is 347 g/mol. The number of rotatable bonds is 8. The average Bonchev–Trinajstić information content (AvgIpc) is 3.05. The number of aromatic carboxylic acids is 1. The first-order chi connectivity index (χ1) is 11.9. The summed E-state index contributed by atoms with van der Waals surface area (Å²) in [6.07, 6.45) is 0.114. The van der Waals surface area contributed by atoms with Crippen LogP contribution in [0.2, 0.25) is 0 Å². The number of aryl methyl sites for hydroxylation is 1. The van der Waals surface area contributed by atoms with Gasteiger partial charge in [0, 0.05) is 12.5 Å². The van der Waals surface area contributed by atoms with Crippen LogP contribution in [0.3, 0.4) is 0 Å². The molecule has 2 N–H and O–H groups in total. The van der Waals surface area contributed by atoms with Crippen molar-refractivity contribution in [2.45, 2.75) is 26.4 Å². The normalized spacial score (nSPS) is 11.6. The van der Waals surface area contributed by atoms with Gasteiger partial charge in [-0.15, -0.1) is 0 Å². The van der Waals surface area contributed by atoms with Crippen molar-refractivity contribution < 1.29 is 28.6 Å². The molecule has 1 heterocycles. The second-order valence-corrected chi connectivity index (χ2v) is 5.42. The van der Waals surface area contributed by atoms with Crippen LogP contribution >= 0.6 is 0 Å². The number of carboxylic acids is 1. The third-order valence-electron chi connectivity index (χ3n) is 3.53. The number of carbonyl (C=O) groups excluding carboxylic acids is 1. The first kappa shape index (κ1) is 18.4. The number of methoxy groups -OCH3 is 1. The Bertz CT molecular complexity index is 735. The second kappa shape index (κ2) is 8.23. The van der Waals surface area contributed by atoms with Crippen molar-refractivity contribution in [3.8, 4) is 11.5 Å². The molecule has 0 radical (unpaired) electrons. The number of nitrogens with one attached hydrogen (secondary N) is 1. The molecular weight excluding hydrogens is 326 g/mol. The lowest BCUT2D eigenvalue weighted by molar-refractivity contribution is 0.0694. The zero-order chi connectivity index (χ0) is 18.4. The number of carboxylic acid groups (broad SMARTS) is 1. The molecule has 1 aromatic carbocycles. The van der Waals surface area contributed by atoms with E-state index in [1.165, 1.54) is 6.07 Å². The number of amides is 1. The van der Waals surface area contributed by atoms with Crippen LogP contribution in [0.5, 0.6) is 11.5 Å². The minimum absolute atomic E-state index is 0.00943. The zero-order valence-electron chi connectivity index (χ0n) is 14.4. The summed E-state index contributed by atoms with van der Waals surface area (Å²) in [5, 5.41) is 11.8.